The molecule has 3 heterocycles. The van der Waals surface area contributed by atoms with Crippen molar-refractivity contribution in [3.05, 3.63) is 83.4 Å². The van der Waals surface area contributed by atoms with Gasteiger partial charge in [-0.2, -0.15) is 0 Å². The normalized spacial score (nSPS) is 20.7. The van der Waals surface area contributed by atoms with E-state index in [1.165, 1.54) is 76.7 Å². The standard InChI is InChI=1S/C38H44N2O3S.H2O/c1-27-10-19-32-35(26-27)44-38(29-13-15-30(16-14-29)42-25-24-39-20-4-5-21-39)36(32)37(41)28-11-17-31(18-12-28)43-34-9-3-2-8-33(34)40-22-6-7-23-40;/h10-19,26,33-34H,2-9,20-25H2,1H3;1H2. The van der Waals surface area contributed by atoms with Crippen LogP contribution < -0.4 is 9.47 Å². The first-order valence-corrected chi connectivity index (χ1v) is 17.5. The average Bonchev–Trinajstić information content (AvgIpc) is 3.84. The Hall–Kier alpha value is -3.23. The van der Waals surface area contributed by atoms with E-state index in [4.69, 9.17) is 9.47 Å². The highest BCUT2D eigenvalue weighted by Gasteiger charge is 2.33. The number of carbonyl (C=O) groups excluding carboxylic acids is 1. The first kappa shape index (κ1) is 31.7. The molecule has 3 aromatic carbocycles. The molecule has 0 amide bonds. The molecule has 3 fully saturated rings. The number of nitrogens with zero attached hydrogens (tertiary/aromatic N) is 2. The van der Waals surface area contributed by atoms with Crippen LogP contribution >= 0.6 is 11.3 Å². The molecule has 4 aromatic rings. The van der Waals surface area contributed by atoms with Crippen molar-refractivity contribution in [3.8, 4) is 21.9 Å². The van der Waals surface area contributed by atoms with Gasteiger partial charge >= 0.3 is 0 Å². The van der Waals surface area contributed by atoms with Crippen LogP contribution in [0.15, 0.2) is 66.7 Å². The van der Waals surface area contributed by atoms with E-state index in [1.54, 1.807) is 11.3 Å². The Morgan fingerprint density at radius 3 is 2.27 bits per heavy atom. The number of carbonyl (C=O) groups is 1. The third-order valence-electron chi connectivity index (χ3n) is 9.75. The lowest BCUT2D eigenvalue weighted by Gasteiger charge is -2.37. The molecule has 2 unspecified atom stereocenters. The Morgan fingerprint density at radius 1 is 0.822 bits per heavy atom. The molecule has 2 aliphatic heterocycles. The van der Waals surface area contributed by atoms with Gasteiger partial charge in [0, 0.05) is 38.7 Å². The number of hydrogen-bond donors (Lipinski definition) is 0. The third kappa shape index (κ3) is 7.12. The van der Waals surface area contributed by atoms with Crippen LogP contribution in [0.2, 0.25) is 0 Å². The summed E-state index contributed by atoms with van der Waals surface area (Å²) < 4.78 is 13.8. The molecule has 0 spiro atoms. The summed E-state index contributed by atoms with van der Waals surface area (Å²) in [6.45, 7) is 8.53. The SMILES string of the molecule is Cc1ccc2c(C(=O)c3ccc(OC4CCCCC4N4CCCC4)cc3)c(-c3ccc(OCCN4CCCC4)cc3)sc2c1.O. The first-order valence-electron chi connectivity index (χ1n) is 16.7. The van der Waals surface area contributed by atoms with Crippen molar-refractivity contribution in [1.29, 1.82) is 0 Å². The van der Waals surface area contributed by atoms with Gasteiger partial charge in [0.05, 0.1) is 0 Å². The monoisotopic (exact) mass is 626 g/mol. The summed E-state index contributed by atoms with van der Waals surface area (Å²) in [5.41, 5.74) is 3.72. The largest absolute Gasteiger partial charge is 0.492 e. The second-order valence-corrected chi connectivity index (χ2v) is 13.9. The lowest BCUT2D eigenvalue weighted by atomic mass is 9.91. The maximum atomic E-state index is 14.2. The average molecular weight is 627 g/mol. The highest BCUT2D eigenvalue weighted by Crippen LogP contribution is 2.41. The van der Waals surface area contributed by atoms with Crippen molar-refractivity contribution >= 4 is 27.2 Å². The number of hydrogen-bond acceptors (Lipinski definition) is 6. The molecule has 0 radical (unpaired) electrons. The van der Waals surface area contributed by atoms with Gasteiger partial charge in [-0.25, -0.2) is 0 Å². The van der Waals surface area contributed by atoms with Gasteiger partial charge in [-0.15, -0.1) is 11.3 Å². The maximum Gasteiger partial charge on any atom is 0.195 e. The van der Waals surface area contributed by atoms with Crippen LogP contribution in [0.25, 0.3) is 20.5 Å². The Kier molecular flexibility index (Phi) is 10.2. The number of likely N-dealkylation sites (tertiary alicyclic amines) is 2. The van der Waals surface area contributed by atoms with Crippen LogP contribution in [0.1, 0.15) is 72.9 Å². The summed E-state index contributed by atoms with van der Waals surface area (Å²) >= 11 is 1.70. The van der Waals surface area contributed by atoms with Gasteiger partial charge < -0.3 is 14.9 Å². The van der Waals surface area contributed by atoms with Crippen LogP contribution in [0, 0.1) is 6.92 Å². The van der Waals surface area contributed by atoms with Gasteiger partial charge in [0.25, 0.3) is 0 Å². The van der Waals surface area contributed by atoms with Gasteiger partial charge in [-0.05, 0) is 144 Å². The molecule has 6 nitrogen and oxygen atoms in total. The molecule has 1 aliphatic carbocycles. The van der Waals surface area contributed by atoms with Crippen molar-refractivity contribution < 1.29 is 19.7 Å². The van der Waals surface area contributed by atoms with E-state index in [9.17, 15) is 4.79 Å². The fourth-order valence-electron chi connectivity index (χ4n) is 7.34. The van der Waals surface area contributed by atoms with Gasteiger partial charge in [-0.1, -0.05) is 18.6 Å². The van der Waals surface area contributed by atoms with Gasteiger partial charge in [0.2, 0.25) is 0 Å². The molecule has 7 heteroatoms. The van der Waals surface area contributed by atoms with E-state index in [0.29, 0.717) is 18.2 Å². The van der Waals surface area contributed by atoms with E-state index >= 15 is 0 Å². The predicted molar refractivity (Wildman–Crippen MR) is 184 cm³/mol. The molecule has 1 aromatic heterocycles. The Bertz CT molecular complexity index is 1570. The number of benzene rings is 3. The first-order chi connectivity index (χ1) is 21.6. The zero-order valence-electron chi connectivity index (χ0n) is 26.4. The fraction of sp³-hybridized carbons (Fsp3) is 0.447. The van der Waals surface area contributed by atoms with Crippen molar-refractivity contribution in [1.82, 2.24) is 9.80 Å². The van der Waals surface area contributed by atoms with Gasteiger partial charge in [0.15, 0.2) is 5.78 Å². The molecule has 2 N–H and O–H groups in total. The van der Waals surface area contributed by atoms with E-state index in [-0.39, 0.29) is 17.4 Å². The Morgan fingerprint density at radius 2 is 1.51 bits per heavy atom. The molecule has 0 bridgehead atoms. The summed E-state index contributed by atoms with van der Waals surface area (Å²) in [6, 6.07) is 23.1. The summed E-state index contributed by atoms with van der Waals surface area (Å²) in [6.07, 6.45) is 10.3. The Balaban J connectivity index is 0.00000357. The van der Waals surface area contributed by atoms with Gasteiger partial charge in [0.1, 0.15) is 24.2 Å². The molecular weight excluding hydrogens is 580 g/mol. The minimum Gasteiger partial charge on any atom is -0.492 e. The Labute approximate surface area is 271 Å². The van der Waals surface area contributed by atoms with Crippen LogP contribution in [-0.2, 0) is 0 Å². The quantitative estimate of drug-likeness (QED) is 0.170. The highest BCUT2D eigenvalue weighted by molar-refractivity contribution is 7.22. The number of ether oxygens (including phenoxy) is 2. The molecule has 45 heavy (non-hydrogen) atoms. The zero-order valence-corrected chi connectivity index (χ0v) is 27.2. The van der Waals surface area contributed by atoms with Crippen molar-refractivity contribution in [2.45, 2.75) is 70.4 Å². The number of fused-ring (bicyclic) bond motifs is 1. The molecule has 3 aliphatic rings. The van der Waals surface area contributed by atoms with Crippen molar-refractivity contribution in [3.63, 3.8) is 0 Å². The number of ketones is 1. The van der Waals surface area contributed by atoms with E-state index in [0.717, 1.165) is 50.6 Å². The summed E-state index contributed by atoms with van der Waals surface area (Å²) in [5, 5.41) is 1.02. The molecule has 7 rings (SSSR count). The minimum absolute atomic E-state index is 0. The molecule has 2 atom stereocenters. The minimum atomic E-state index is 0. The van der Waals surface area contributed by atoms with E-state index in [2.05, 4.69) is 47.1 Å². The van der Waals surface area contributed by atoms with Crippen LogP contribution in [0.5, 0.6) is 11.5 Å². The lowest BCUT2D eigenvalue weighted by molar-refractivity contribution is 0.0485. The number of aryl methyl sites for hydroxylation is 1. The summed E-state index contributed by atoms with van der Waals surface area (Å²) in [5.74, 6) is 1.79. The third-order valence-corrected chi connectivity index (χ3v) is 10.9. The number of rotatable bonds is 10. The second-order valence-electron chi connectivity index (χ2n) is 12.8. The van der Waals surface area contributed by atoms with Crippen LogP contribution in [0.3, 0.4) is 0 Å². The maximum absolute atomic E-state index is 14.2. The van der Waals surface area contributed by atoms with Gasteiger partial charge in [-0.3, -0.25) is 14.6 Å². The summed E-state index contributed by atoms with van der Waals surface area (Å²) in [4.78, 5) is 20.3. The van der Waals surface area contributed by atoms with Crippen LogP contribution in [0.4, 0.5) is 0 Å². The van der Waals surface area contributed by atoms with Crippen molar-refractivity contribution in [2.24, 2.45) is 0 Å². The van der Waals surface area contributed by atoms with E-state index in [1.807, 2.05) is 36.4 Å². The van der Waals surface area contributed by atoms with E-state index < -0.39 is 0 Å². The second kappa shape index (κ2) is 14.5. The topological polar surface area (TPSA) is 73.5 Å². The number of thiophene rings is 1. The molecule has 238 valence electrons. The predicted octanol–water partition coefficient (Wildman–Crippen LogP) is 7.54. The van der Waals surface area contributed by atoms with Crippen LogP contribution in [-0.4, -0.2) is 72.5 Å². The fourth-order valence-corrected chi connectivity index (χ4v) is 8.65. The molecule has 2 saturated heterocycles. The molecule has 1 saturated carbocycles. The summed E-state index contributed by atoms with van der Waals surface area (Å²) in [7, 11) is 0. The highest BCUT2D eigenvalue weighted by atomic mass is 32.1. The molecular formula is C38H46N2O4S. The van der Waals surface area contributed by atoms with Crippen molar-refractivity contribution in [2.75, 3.05) is 39.3 Å². The smallest absolute Gasteiger partial charge is 0.195 e. The lowest BCUT2D eigenvalue weighted by Crippen LogP contribution is -2.46. The zero-order chi connectivity index (χ0) is 29.9.